The van der Waals surface area contributed by atoms with Crippen LogP contribution >= 0.6 is 0 Å². The SMILES string of the molecule is CCc1ccccc1-c1cc(C(=O)OC)ccc1O. The molecule has 3 heteroatoms. The lowest BCUT2D eigenvalue weighted by Crippen LogP contribution is -2.01. The highest BCUT2D eigenvalue weighted by atomic mass is 16.5. The molecule has 0 saturated heterocycles. The van der Waals surface area contributed by atoms with E-state index < -0.39 is 5.97 Å². The van der Waals surface area contributed by atoms with Crippen molar-refractivity contribution in [3.63, 3.8) is 0 Å². The van der Waals surface area contributed by atoms with E-state index in [0.29, 0.717) is 11.1 Å². The predicted octanol–water partition coefficient (Wildman–Crippen LogP) is 3.41. The van der Waals surface area contributed by atoms with E-state index in [1.807, 2.05) is 24.3 Å². The number of rotatable bonds is 3. The van der Waals surface area contributed by atoms with E-state index in [9.17, 15) is 9.90 Å². The van der Waals surface area contributed by atoms with Gasteiger partial charge >= 0.3 is 5.97 Å². The maximum atomic E-state index is 11.6. The number of methoxy groups -OCH3 is 1. The van der Waals surface area contributed by atoms with Gasteiger partial charge in [-0.15, -0.1) is 0 Å². The first kappa shape index (κ1) is 13.1. The molecular formula is C16H16O3. The number of benzene rings is 2. The fraction of sp³-hybridized carbons (Fsp3) is 0.188. The van der Waals surface area contributed by atoms with Crippen molar-refractivity contribution in [2.24, 2.45) is 0 Å². The Morgan fingerprint density at radius 1 is 1.16 bits per heavy atom. The number of phenolic OH excluding ortho intramolecular Hbond substituents is 1. The number of esters is 1. The molecule has 0 aliphatic rings. The van der Waals surface area contributed by atoms with Crippen molar-refractivity contribution < 1.29 is 14.6 Å². The third-order valence-electron chi connectivity index (χ3n) is 3.11. The van der Waals surface area contributed by atoms with Crippen molar-refractivity contribution in [3.8, 4) is 16.9 Å². The van der Waals surface area contributed by atoms with Crippen LogP contribution in [0.2, 0.25) is 0 Å². The molecule has 2 aromatic carbocycles. The summed E-state index contributed by atoms with van der Waals surface area (Å²) in [4.78, 5) is 11.6. The van der Waals surface area contributed by atoms with Crippen LogP contribution in [0.5, 0.6) is 5.75 Å². The second-order valence-corrected chi connectivity index (χ2v) is 4.23. The van der Waals surface area contributed by atoms with E-state index in [0.717, 1.165) is 17.5 Å². The highest BCUT2D eigenvalue weighted by Gasteiger charge is 2.12. The summed E-state index contributed by atoms with van der Waals surface area (Å²) in [6, 6.07) is 12.6. The van der Waals surface area contributed by atoms with Gasteiger partial charge in [0.05, 0.1) is 12.7 Å². The number of ether oxygens (including phenoxy) is 1. The Morgan fingerprint density at radius 2 is 1.89 bits per heavy atom. The molecule has 0 amide bonds. The number of aryl methyl sites for hydroxylation is 1. The minimum absolute atomic E-state index is 0.161. The van der Waals surface area contributed by atoms with Crippen LogP contribution in [0.15, 0.2) is 42.5 Å². The van der Waals surface area contributed by atoms with Gasteiger partial charge in [-0.25, -0.2) is 4.79 Å². The number of phenols is 1. The first-order valence-corrected chi connectivity index (χ1v) is 6.17. The van der Waals surface area contributed by atoms with Gasteiger partial charge < -0.3 is 9.84 Å². The Bertz CT molecular complexity index is 603. The van der Waals surface area contributed by atoms with Gasteiger partial charge in [-0.3, -0.25) is 0 Å². The molecule has 0 heterocycles. The predicted molar refractivity (Wildman–Crippen MR) is 74.3 cm³/mol. The van der Waals surface area contributed by atoms with E-state index in [4.69, 9.17) is 4.74 Å². The maximum absolute atomic E-state index is 11.6. The molecule has 0 spiro atoms. The second kappa shape index (κ2) is 5.57. The van der Waals surface area contributed by atoms with E-state index in [1.54, 1.807) is 12.1 Å². The third kappa shape index (κ3) is 2.60. The molecule has 2 aromatic rings. The lowest BCUT2D eigenvalue weighted by molar-refractivity contribution is 0.0601. The molecule has 1 N–H and O–H groups in total. The molecule has 0 atom stereocenters. The first-order chi connectivity index (χ1) is 9.17. The highest BCUT2D eigenvalue weighted by molar-refractivity contribution is 5.92. The summed E-state index contributed by atoms with van der Waals surface area (Å²) >= 11 is 0. The second-order valence-electron chi connectivity index (χ2n) is 4.23. The van der Waals surface area contributed by atoms with Crippen LogP contribution < -0.4 is 0 Å². The van der Waals surface area contributed by atoms with Crippen LogP contribution in [-0.4, -0.2) is 18.2 Å². The fourth-order valence-electron chi connectivity index (χ4n) is 2.09. The zero-order valence-corrected chi connectivity index (χ0v) is 11.0. The molecular weight excluding hydrogens is 240 g/mol. The summed E-state index contributed by atoms with van der Waals surface area (Å²) in [6.45, 7) is 2.06. The summed E-state index contributed by atoms with van der Waals surface area (Å²) in [5, 5.41) is 10.0. The number of hydrogen-bond acceptors (Lipinski definition) is 3. The van der Waals surface area contributed by atoms with Gasteiger partial charge in [0, 0.05) is 5.56 Å². The molecule has 3 nitrogen and oxygen atoms in total. The standard InChI is InChI=1S/C16H16O3/c1-3-11-6-4-5-7-13(11)14-10-12(16(18)19-2)8-9-15(14)17/h4-10,17H,3H2,1-2H3. The molecule has 2 rings (SSSR count). The maximum Gasteiger partial charge on any atom is 0.337 e. The summed E-state index contributed by atoms with van der Waals surface area (Å²) in [5.41, 5.74) is 3.15. The summed E-state index contributed by atoms with van der Waals surface area (Å²) in [5.74, 6) is -0.246. The molecule has 0 aromatic heterocycles. The van der Waals surface area contributed by atoms with E-state index >= 15 is 0 Å². The van der Waals surface area contributed by atoms with Gasteiger partial charge in [0.1, 0.15) is 5.75 Å². The van der Waals surface area contributed by atoms with Crippen LogP contribution in [0.1, 0.15) is 22.8 Å². The summed E-state index contributed by atoms with van der Waals surface area (Å²) in [6.07, 6.45) is 0.859. The Balaban J connectivity index is 2.58. The molecule has 0 unspecified atom stereocenters. The topological polar surface area (TPSA) is 46.5 Å². The normalized spacial score (nSPS) is 10.2. The number of aromatic hydroxyl groups is 1. The molecule has 19 heavy (non-hydrogen) atoms. The highest BCUT2D eigenvalue weighted by Crippen LogP contribution is 2.32. The van der Waals surface area contributed by atoms with Gasteiger partial charge in [0.2, 0.25) is 0 Å². The largest absolute Gasteiger partial charge is 0.507 e. The van der Waals surface area contributed by atoms with Crippen molar-refractivity contribution in [3.05, 3.63) is 53.6 Å². The molecule has 0 fully saturated rings. The molecule has 0 aliphatic carbocycles. The van der Waals surface area contributed by atoms with Crippen LogP contribution in [0.25, 0.3) is 11.1 Å². The first-order valence-electron chi connectivity index (χ1n) is 6.17. The Morgan fingerprint density at radius 3 is 2.58 bits per heavy atom. The van der Waals surface area contributed by atoms with Gasteiger partial charge in [-0.2, -0.15) is 0 Å². The number of hydrogen-bond donors (Lipinski definition) is 1. The molecule has 0 aliphatic heterocycles. The van der Waals surface area contributed by atoms with Crippen molar-refractivity contribution in [1.82, 2.24) is 0 Å². The monoisotopic (exact) mass is 256 g/mol. The summed E-state index contributed by atoms with van der Waals surface area (Å²) < 4.78 is 4.70. The number of carbonyl (C=O) groups is 1. The van der Waals surface area contributed by atoms with Gasteiger partial charge in [0.15, 0.2) is 0 Å². The fourth-order valence-corrected chi connectivity index (χ4v) is 2.09. The Hall–Kier alpha value is -2.29. The van der Waals surface area contributed by atoms with Gasteiger partial charge in [-0.1, -0.05) is 31.2 Å². The zero-order chi connectivity index (χ0) is 13.8. The molecule has 0 saturated carbocycles. The quantitative estimate of drug-likeness (QED) is 0.856. The van der Waals surface area contributed by atoms with Crippen molar-refractivity contribution >= 4 is 5.97 Å². The average molecular weight is 256 g/mol. The zero-order valence-electron chi connectivity index (χ0n) is 11.0. The lowest BCUT2D eigenvalue weighted by atomic mass is 9.96. The van der Waals surface area contributed by atoms with Gasteiger partial charge in [0.25, 0.3) is 0 Å². The van der Waals surface area contributed by atoms with E-state index in [-0.39, 0.29) is 5.75 Å². The van der Waals surface area contributed by atoms with Crippen LogP contribution in [-0.2, 0) is 11.2 Å². The van der Waals surface area contributed by atoms with Crippen molar-refractivity contribution in [2.45, 2.75) is 13.3 Å². The lowest BCUT2D eigenvalue weighted by Gasteiger charge is -2.11. The molecule has 98 valence electrons. The minimum Gasteiger partial charge on any atom is -0.507 e. The number of carbonyl (C=O) groups excluding carboxylic acids is 1. The van der Waals surface area contributed by atoms with Crippen LogP contribution in [0, 0.1) is 0 Å². The van der Waals surface area contributed by atoms with Crippen LogP contribution in [0.4, 0.5) is 0 Å². The molecule has 0 radical (unpaired) electrons. The smallest absolute Gasteiger partial charge is 0.337 e. The summed E-state index contributed by atoms with van der Waals surface area (Å²) in [7, 11) is 1.34. The third-order valence-corrected chi connectivity index (χ3v) is 3.11. The van der Waals surface area contributed by atoms with Gasteiger partial charge in [-0.05, 0) is 35.7 Å². The van der Waals surface area contributed by atoms with Crippen molar-refractivity contribution in [1.29, 1.82) is 0 Å². The van der Waals surface area contributed by atoms with E-state index in [1.165, 1.54) is 13.2 Å². The average Bonchev–Trinajstić information content (AvgIpc) is 2.47. The van der Waals surface area contributed by atoms with E-state index in [2.05, 4.69) is 6.92 Å². The Kier molecular flexibility index (Phi) is 3.85. The minimum atomic E-state index is -0.407. The Labute approximate surface area is 112 Å². The van der Waals surface area contributed by atoms with Crippen LogP contribution in [0.3, 0.4) is 0 Å². The molecule has 0 bridgehead atoms. The van der Waals surface area contributed by atoms with Crippen molar-refractivity contribution in [2.75, 3.05) is 7.11 Å².